The van der Waals surface area contributed by atoms with Gasteiger partial charge in [-0.15, -0.1) is 6.58 Å². The maximum Gasteiger partial charge on any atom is 0.0371 e. The van der Waals surface area contributed by atoms with Crippen molar-refractivity contribution in [2.75, 3.05) is 4.90 Å². The van der Waals surface area contributed by atoms with Gasteiger partial charge in [-0.2, -0.15) is 0 Å². The summed E-state index contributed by atoms with van der Waals surface area (Å²) in [6.45, 7) is 10.6. The van der Waals surface area contributed by atoms with Crippen LogP contribution >= 0.6 is 0 Å². The SMILES string of the molecule is C=CCC(CC)N(c1ccccc1)C(C)C. The molecule has 1 aromatic rings. The normalized spacial score (nSPS) is 12.5. The van der Waals surface area contributed by atoms with Gasteiger partial charge in [0.1, 0.15) is 0 Å². The van der Waals surface area contributed by atoms with Crippen LogP contribution in [0.5, 0.6) is 0 Å². The monoisotopic (exact) mass is 217 g/mol. The Morgan fingerprint density at radius 3 is 2.31 bits per heavy atom. The maximum absolute atomic E-state index is 3.86. The van der Waals surface area contributed by atoms with Crippen LogP contribution in [0.15, 0.2) is 43.0 Å². The minimum atomic E-state index is 0.521. The highest BCUT2D eigenvalue weighted by Gasteiger charge is 2.18. The molecule has 0 spiro atoms. The van der Waals surface area contributed by atoms with E-state index in [1.54, 1.807) is 0 Å². The first-order valence-corrected chi connectivity index (χ1v) is 6.15. The van der Waals surface area contributed by atoms with Crippen molar-refractivity contribution in [1.82, 2.24) is 0 Å². The van der Waals surface area contributed by atoms with Gasteiger partial charge in [0, 0.05) is 17.8 Å². The molecule has 1 rings (SSSR count). The predicted molar refractivity (Wildman–Crippen MR) is 73.0 cm³/mol. The molecule has 0 heterocycles. The third-order valence-corrected chi connectivity index (χ3v) is 2.91. The van der Waals surface area contributed by atoms with Crippen molar-refractivity contribution in [3.63, 3.8) is 0 Å². The fourth-order valence-corrected chi connectivity index (χ4v) is 2.20. The molecular weight excluding hydrogens is 194 g/mol. The smallest absolute Gasteiger partial charge is 0.0371 e. The fourth-order valence-electron chi connectivity index (χ4n) is 2.20. The number of hydrogen-bond donors (Lipinski definition) is 0. The molecule has 0 saturated carbocycles. The highest BCUT2D eigenvalue weighted by atomic mass is 15.2. The molecule has 1 aromatic carbocycles. The van der Waals surface area contributed by atoms with Crippen molar-refractivity contribution >= 4 is 5.69 Å². The number of anilines is 1. The fraction of sp³-hybridized carbons (Fsp3) is 0.467. The molecule has 0 aromatic heterocycles. The third kappa shape index (κ3) is 3.13. The molecular formula is C15H23N. The van der Waals surface area contributed by atoms with Crippen LogP contribution in [0.2, 0.25) is 0 Å². The van der Waals surface area contributed by atoms with E-state index in [-0.39, 0.29) is 0 Å². The summed E-state index contributed by atoms with van der Waals surface area (Å²) in [7, 11) is 0. The molecule has 16 heavy (non-hydrogen) atoms. The van der Waals surface area contributed by atoms with Gasteiger partial charge in [0.2, 0.25) is 0 Å². The number of nitrogens with zero attached hydrogens (tertiary/aromatic N) is 1. The molecule has 0 bridgehead atoms. The zero-order valence-corrected chi connectivity index (χ0v) is 10.7. The Kier molecular flexibility index (Phi) is 5.10. The summed E-state index contributed by atoms with van der Waals surface area (Å²) in [5.41, 5.74) is 1.31. The van der Waals surface area contributed by atoms with Crippen LogP contribution in [-0.4, -0.2) is 12.1 Å². The Labute approximate surface area is 99.8 Å². The summed E-state index contributed by atoms with van der Waals surface area (Å²) in [6, 6.07) is 11.7. The standard InChI is InChI=1S/C15H23N/c1-5-10-14(6-2)16(13(3)4)15-11-8-7-9-12-15/h5,7-9,11-14H,1,6,10H2,2-4H3. The van der Waals surface area contributed by atoms with Gasteiger partial charge in [-0.3, -0.25) is 0 Å². The highest BCUT2D eigenvalue weighted by Crippen LogP contribution is 2.23. The molecule has 0 saturated heterocycles. The van der Waals surface area contributed by atoms with Crippen molar-refractivity contribution < 1.29 is 0 Å². The lowest BCUT2D eigenvalue weighted by molar-refractivity contribution is 0.532. The van der Waals surface area contributed by atoms with Crippen molar-refractivity contribution in [1.29, 1.82) is 0 Å². The molecule has 0 N–H and O–H groups in total. The zero-order chi connectivity index (χ0) is 12.0. The van der Waals surface area contributed by atoms with Gasteiger partial charge in [-0.25, -0.2) is 0 Å². The van der Waals surface area contributed by atoms with Gasteiger partial charge < -0.3 is 4.90 Å². The van der Waals surface area contributed by atoms with Gasteiger partial charge in [-0.1, -0.05) is 31.2 Å². The number of benzene rings is 1. The lowest BCUT2D eigenvalue weighted by Gasteiger charge is -2.36. The van der Waals surface area contributed by atoms with E-state index < -0.39 is 0 Å². The maximum atomic E-state index is 3.86. The van der Waals surface area contributed by atoms with Gasteiger partial charge in [0.05, 0.1) is 0 Å². The Bertz CT molecular complexity index is 302. The molecule has 0 radical (unpaired) electrons. The number of hydrogen-bond acceptors (Lipinski definition) is 1. The number of para-hydroxylation sites is 1. The summed E-state index contributed by atoms with van der Waals surface area (Å²) in [4.78, 5) is 2.49. The van der Waals surface area contributed by atoms with Crippen LogP contribution in [0.1, 0.15) is 33.6 Å². The summed E-state index contributed by atoms with van der Waals surface area (Å²) in [6.07, 6.45) is 4.22. The molecule has 0 aliphatic heterocycles. The quantitative estimate of drug-likeness (QED) is 0.644. The first-order valence-electron chi connectivity index (χ1n) is 6.15. The number of rotatable bonds is 6. The molecule has 0 aliphatic rings. The molecule has 0 aliphatic carbocycles. The predicted octanol–water partition coefficient (Wildman–Crippen LogP) is 4.26. The molecule has 88 valence electrons. The Morgan fingerprint density at radius 2 is 1.88 bits per heavy atom. The van der Waals surface area contributed by atoms with E-state index in [0.717, 1.165) is 12.8 Å². The van der Waals surface area contributed by atoms with Crippen molar-refractivity contribution in [2.24, 2.45) is 0 Å². The molecule has 1 atom stereocenters. The second kappa shape index (κ2) is 6.37. The van der Waals surface area contributed by atoms with Gasteiger partial charge in [-0.05, 0) is 38.8 Å². The zero-order valence-electron chi connectivity index (χ0n) is 10.7. The summed E-state index contributed by atoms with van der Waals surface area (Å²) in [5, 5.41) is 0. The van der Waals surface area contributed by atoms with E-state index in [2.05, 4.69) is 62.6 Å². The Balaban J connectivity index is 2.94. The minimum absolute atomic E-state index is 0.521. The average molecular weight is 217 g/mol. The van der Waals surface area contributed by atoms with E-state index in [1.807, 2.05) is 6.08 Å². The van der Waals surface area contributed by atoms with Crippen LogP contribution in [0.25, 0.3) is 0 Å². The lowest BCUT2D eigenvalue weighted by atomic mass is 10.1. The van der Waals surface area contributed by atoms with Gasteiger partial charge in [0.15, 0.2) is 0 Å². The lowest BCUT2D eigenvalue weighted by Crippen LogP contribution is -2.40. The van der Waals surface area contributed by atoms with Gasteiger partial charge >= 0.3 is 0 Å². The molecule has 1 unspecified atom stereocenters. The largest absolute Gasteiger partial charge is 0.366 e. The van der Waals surface area contributed by atoms with Crippen LogP contribution in [0, 0.1) is 0 Å². The first-order chi connectivity index (χ1) is 7.70. The van der Waals surface area contributed by atoms with Crippen LogP contribution in [0.4, 0.5) is 5.69 Å². The second-order valence-electron chi connectivity index (χ2n) is 4.42. The van der Waals surface area contributed by atoms with Crippen molar-refractivity contribution in [3.8, 4) is 0 Å². The van der Waals surface area contributed by atoms with Crippen molar-refractivity contribution in [3.05, 3.63) is 43.0 Å². The van der Waals surface area contributed by atoms with Crippen molar-refractivity contribution in [2.45, 2.75) is 45.7 Å². The van der Waals surface area contributed by atoms with Gasteiger partial charge in [0.25, 0.3) is 0 Å². The highest BCUT2D eigenvalue weighted by molar-refractivity contribution is 5.48. The van der Waals surface area contributed by atoms with E-state index in [4.69, 9.17) is 0 Å². The first kappa shape index (κ1) is 12.8. The molecule has 0 fully saturated rings. The summed E-state index contributed by atoms with van der Waals surface area (Å²) < 4.78 is 0. The average Bonchev–Trinajstić information content (AvgIpc) is 2.29. The van der Waals surface area contributed by atoms with Crippen LogP contribution < -0.4 is 4.90 Å². The third-order valence-electron chi connectivity index (χ3n) is 2.91. The molecule has 1 heteroatoms. The van der Waals surface area contributed by atoms with E-state index >= 15 is 0 Å². The van der Waals surface area contributed by atoms with E-state index in [0.29, 0.717) is 12.1 Å². The van der Waals surface area contributed by atoms with E-state index in [9.17, 15) is 0 Å². The summed E-state index contributed by atoms with van der Waals surface area (Å²) in [5.74, 6) is 0. The second-order valence-corrected chi connectivity index (χ2v) is 4.42. The Hall–Kier alpha value is -1.24. The molecule has 1 nitrogen and oxygen atoms in total. The Morgan fingerprint density at radius 1 is 1.25 bits per heavy atom. The van der Waals surface area contributed by atoms with E-state index in [1.165, 1.54) is 5.69 Å². The van der Waals surface area contributed by atoms with Crippen LogP contribution in [0.3, 0.4) is 0 Å². The topological polar surface area (TPSA) is 3.24 Å². The minimum Gasteiger partial charge on any atom is -0.366 e. The molecule has 0 amide bonds. The summed E-state index contributed by atoms with van der Waals surface area (Å²) >= 11 is 0. The van der Waals surface area contributed by atoms with Crippen LogP contribution in [-0.2, 0) is 0 Å².